The monoisotopic (exact) mass is 275 g/mol. The summed E-state index contributed by atoms with van der Waals surface area (Å²) >= 11 is 5.84. The average Bonchev–Trinajstić information content (AvgIpc) is 2.34. The average molecular weight is 276 g/mol. The van der Waals surface area contributed by atoms with Crippen LogP contribution in [0, 0.1) is 6.92 Å². The van der Waals surface area contributed by atoms with Crippen LogP contribution in [0.15, 0.2) is 42.5 Å². The Kier molecular flexibility index (Phi) is 3.92. The highest BCUT2D eigenvalue weighted by Crippen LogP contribution is 2.18. The summed E-state index contributed by atoms with van der Waals surface area (Å²) in [6, 6.07) is 12.0. The molecule has 98 valence electrons. The van der Waals surface area contributed by atoms with Crippen molar-refractivity contribution in [2.45, 2.75) is 6.92 Å². The van der Waals surface area contributed by atoms with E-state index in [9.17, 15) is 4.79 Å². The predicted octanol–water partition coefficient (Wildman–Crippen LogP) is 3.87. The standard InChI is InChI=1S/C14H14ClN3O/c1-9-5-6-12(8-13(9)16)18-14(19)17-11-4-2-3-10(15)7-11/h2-8H,16H2,1H3,(H2,17,18,19). The van der Waals surface area contributed by atoms with E-state index in [2.05, 4.69) is 10.6 Å². The van der Waals surface area contributed by atoms with E-state index in [-0.39, 0.29) is 6.03 Å². The number of carbonyl (C=O) groups is 1. The van der Waals surface area contributed by atoms with E-state index in [4.69, 9.17) is 17.3 Å². The number of nitrogen functional groups attached to an aromatic ring is 1. The number of anilines is 3. The molecule has 2 aromatic carbocycles. The second kappa shape index (κ2) is 5.63. The Bertz CT molecular complexity index is 613. The third-order valence-electron chi connectivity index (χ3n) is 2.62. The zero-order valence-electron chi connectivity index (χ0n) is 10.4. The van der Waals surface area contributed by atoms with Gasteiger partial charge < -0.3 is 16.4 Å². The lowest BCUT2D eigenvalue weighted by Gasteiger charge is -2.09. The summed E-state index contributed by atoms with van der Waals surface area (Å²) in [5, 5.41) is 5.96. The number of amides is 2. The van der Waals surface area contributed by atoms with Crippen molar-refractivity contribution in [3.05, 3.63) is 53.1 Å². The summed E-state index contributed by atoms with van der Waals surface area (Å²) in [5.74, 6) is 0. The SMILES string of the molecule is Cc1ccc(NC(=O)Nc2cccc(Cl)c2)cc1N. The molecule has 0 heterocycles. The van der Waals surface area contributed by atoms with Crippen molar-refractivity contribution in [2.75, 3.05) is 16.4 Å². The summed E-state index contributed by atoms with van der Waals surface area (Å²) in [6.07, 6.45) is 0. The van der Waals surface area contributed by atoms with Gasteiger partial charge >= 0.3 is 6.03 Å². The second-order valence-electron chi connectivity index (χ2n) is 4.16. The molecule has 0 unspecified atom stereocenters. The first-order valence-electron chi connectivity index (χ1n) is 5.74. The molecular formula is C14H14ClN3O. The number of aryl methyl sites for hydroxylation is 1. The third-order valence-corrected chi connectivity index (χ3v) is 2.85. The van der Waals surface area contributed by atoms with Gasteiger partial charge in [0.05, 0.1) is 0 Å². The van der Waals surface area contributed by atoms with E-state index in [0.29, 0.717) is 22.1 Å². The molecule has 0 spiro atoms. The summed E-state index contributed by atoms with van der Waals surface area (Å²) in [7, 11) is 0. The van der Waals surface area contributed by atoms with Crippen LogP contribution in [0.25, 0.3) is 0 Å². The van der Waals surface area contributed by atoms with Crippen LogP contribution in [0.2, 0.25) is 5.02 Å². The Morgan fingerprint density at radius 2 is 1.79 bits per heavy atom. The smallest absolute Gasteiger partial charge is 0.323 e. The van der Waals surface area contributed by atoms with Crippen molar-refractivity contribution in [3.8, 4) is 0 Å². The third kappa shape index (κ3) is 3.63. The first kappa shape index (κ1) is 13.2. The van der Waals surface area contributed by atoms with Gasteiger partial charge in [0.25, 0.3) is 0 Å². The minimum Gasteiger partial charge on any atom is -0.398 e. The van der Waals surface area contributed by atoms with Crippen LogP contribution < -0.4 is 16.4 Å². The molecule has 4 N–H and O–H groups in total. The lowest BCUT2D eigenvalue weighted by molar-refractivity contribution is 0.262. The molecule has 0 saturated heterocycles. The van der Waals surface area contributed by atoms with Crippen molar-refractivity contribution in [2.24, 2.45) is 0 Å². The van der Waals surface area contributed by atoms with Crippen molar-refractivity contribution in [1.29, 1.82) is 0 Å². The van der Waals surface area contributed by atoms with E-state index in [0.717, 1.165) is 5.56 Å². The molecular weight excluding hydrogens is 262 g/mol. The molecule has 2 amide bonds. The van der Waals surface area contributed by atoms with Crippen LogP contribution in [-0.4, -0.2) is 6.03 Å². The van der Waals surface area contributed by atoms with Gasteiger partial charge in [0.15, 0.2) is 0 Å². The molecule has 0 fully saturated rings. The Balaban J connectivity index is 2.03. The Hall–Kier alpha value is -2.20. The molecule has 0 saturated carbocycles. The highest BCUT2D eigenvalue weighted by atomic mass is 35.5. The Morgan fingerprint density at radius 1 is 1.11 bits per heavy atom. The van der Waals surface area contributed by atoms with Crippen molar-refractivity contribution >= 4 is 34.7 Å². The first-order chi connectivity index (χ1) is 9.04. The van der Waals surface area contributed by atoms with Crippen LogP contribution in [-0.2, 0) is 0 Å². The molecule has 0 aliphatic heterocycles. The van der Waals surface area contributed by atoms with E-state index < -0.39 is 0 Å². The molecule has 0 bridgehead atoms. The van der Waals surface area contributed by atoms with E-state index >= 15 is 0 Å². The number of hydrogen-bond acceptors (Lipinski definition) is 2. The number of rotatable bonds is 2. The number of hydrogen-bond donors (Lipinski definition) is 3. The molecule has 4 nitrogen and oxygen atoms in total. The van der Waals surface area contributed by atoms with Gasteiger partial charge in [-0.25, -0.2) is 4.79 Å². The highest BCUT2D eigenvalue weighted by Gasteiger charge is 2.04. The molecule has 2 aromatic rings. The quantitative estimate of drug-likeness (QED) is 0.728. The summed E-state index contributed by atoms with van der Waals surface area (Å²) in [6.45, 7) is 1.91. The number of carbonyl (C=O) groups excluding carboxylic acids is 1. The van der Waals surface area contributed by atoms with Gasteiger partial charge in [-0.15, -0.1) is 0 Å². The first-order valence-corrected chi connectivity index (χ1v) is 6.12. The molecule has 0 aliphatic rings. The maximum absolute atomic E-state index is 11.8. The topological polar surface area (TPSA) is 67.2 Å². The molecule has 0 atom stereocenters. The summed E-state index contributed by atoms with van der Waals surface area (Å²) in [4.78, 5) is 11.8. The van der Waals surface area contributed by atoms with Gasteiger partial charge in [0.1, 0.15) is 0 Å². The number of nitrogens with two attached hydrogens (primary N) is 1. The molecule has 0 aliphatic carbocycles. The predicted molar refractivity (Wildman–Crippen MR) is 79.7 cm³/mol. The molecule has 0 aromatic heterocycles. The largest absolute Gasteiger partial charge is 0.398 e. The molecule has 19 heavy (non-hydrogen) atoms. The number of nitrogens with one attached hydrogen (secondary N) is 2. The molecule has 5 heteroatoms. The fourth-order valence-corrected chi connectivity index (χ4v) is 1.77. The zero-order valence-corrected chi connectivity index (χ0v) is 11.2. The fraction of sp³-hybridized carbons (Fsp3) is 0.0714. The van der Waals surface area contributed by atoms with Gasteiger partial charge in [0.2, 0.25) is 0 Å². The van der Waals surface area contributed by atoms with E-state index in [1.54, 1.807) is 36.4 Å². The van der Waals surface area contributed by atoms with Gasteiger partial charge in [-0.2, -0.15) is 0 Å². The molecule has 2 rings (SSSR count). The van der Waals surface area contributed by atoms with Crippen LogP contribution in [0.3, 0.4) is 0 Å². The van der Waals surface area contributed by atoms with Crippen LogP contribution >= 0.6 is 11.6 Å². The van der Waals surface area contributed by atoms with E-state index in [1.807, 2.05) is 13.0 Å². The van der Waals surface area contributed by atoms with Gasteiger partial charge in [0, 0.05) is 22.1 Å². The van der Waals surface area contributed by atoms with Crippen molar-refractivity contribution in [3.63, 3.8) is 0 Å². The number of benzene rings is 2. The lowest BCUT2D eigenvalue weighted by Crippen LogP contribution is -2.19. The highest BCUT2D eigenvalue weighted by molar-refractivity contribution is 6.30. The minimum absolute atomic E-state index is 0.342. The molecule has 0 radical (unpaired) electrons. The Labute approximate surface area is 116 Å². The van der Waals surface area contributed by atoms with Crippen molar-refractivity contribution < 1.29 is 4.79 Å². The van der Waals surface area contributed by atoms with E-state index in [1.165, 1.54) is 0 Å². The van der Waals surface area contributed by atoms with Crippen LogP contribution in [0.4, 0.5) is 21.9 Å². The normalized spacial score (nSPS) is 10.0. The fourth-order valence-electron chi connectivity index (χ4n) is 1.58. The van der Waals surface area contributed by atoms with Crippen LogP contribution in [0.5, 0.6) is 0 Å². The van der Waals surface area contributed by atoms with Gasteiger partial charge in [-0.05, 0) is 42.8 Å². The maximum atomic E-state index is 11.8. The number of urea groups is 1. The summed E-state index contributed by atoms with van der Waals surface area (Å²) in [5.41, 5.74) is 8.66. The van der Waals surface area contributed by atoms with Crippen LogP contribution in [0.1, 0.15) is 5.56 Å². The lowest BCUT2D eigenvalue weighted by atomic mass is 10.2. The van der Waals surface area contributed by atoms with Gasteiger partial charge in [-0.3, -0.25) is 0 Å². The Morgan fingerprint density at radius 3 is 2.42 bits per heavy atom. The maximum Gasteiger partial charge on any atom is 0.323 e. The van der Waals surface area contributed by atoms with Gasteiger partial charge in [-0.1, -0.05) is 23.7 Å². The second-order valence-corrected chi connectivity index (χ2v) is 4.60. The number of halogens is 1. The van der Waals surface area contributed by atoms with Crippen molar-refractivity contribution in [1.82, 2.24) is 0 Å². The minimum atomic E-state index is -0.342. The summed E-state index contributed by atoms with van der Waals surface area (Å²) < 4.78 is 0. The zero-order chi connectivity index (χ0) is 13.8.